The molecule has 0 rings (SSSR count). The van der Waals surface area contributed by atoms with Gasteiger partial charge in [-0.2, -0.15) is 13.1 Å². The van der Waals surface area contributed by atoms with E-state index in [1.54, 1.807) is 4.72 Å². The van der Waals surface area contributed by atoms with Crippen molar-refractivity contribution in [3.05, 3.63) is 0 Å². The van der Waals surface area contributed by atoms with Gasteiger partial charge in [0, 0.05) is 6.54 Å². The van der Waals surface area contributed by atoms with Crippen molar-refractivity contribution in [1.29, 1.82) is 0 Å². The highest BCUT2D eigenvalue weighted by Crippen LogP contribution is 1.68. The van der Waals surface area contributed by atoms with E-state index in [0.29, 0.717) is 0 Å². The molecule has 0 saturated carbocycles. The molecule has 0 aromatic carbocycles. The molecule has 0 bridgehead atoms. The van der Waals surface area contributed by atoms with Crippen molar-refractivity contribution in [2.24, 2.45) is 0 Å². The van der Waals surface area contributed by atoms with E-state index in [0.717, 1.165) is 0 Å². The highest BCUT2D eigenvalue weighted by molar-refractivity contribution is 7.83. The maximum atomic E-state index is 9.56. The molecule has 1 radical (unpaired) electrons. The predicted octanol–water partition coefficient (Wildman–Crippen LogP) is -0.729. The summed E-state index contributed by atoms with van der Waals surface area (Å²) in [4.78, 5) is 0. The van der Waals surface area contributed by atoms with E-state index in [2.05, 4.69) is 0 Å². The van der Waals surface area contributed by atoms with Crippen LogP contribution in [0.4, 0.5) is 0 Å². The zero-order valence-corrected chi connectivity index (χ0v) is 4.66. The normalized spacial score (nSPS) is 11.7. The smallest absolute Gasteiger partial charge is 0.190 e. The van der Waals surface area contributed by atoms with Crippen molar-refractivity contribution in [1.82, 2.24) is 4.72 Å². The summed E-state index contributed by atoms with van der Waals surface area (Å²) in [6, 6.07) is 0. The van der Waals surface area contributed by atoms with Crippen LogP contribution in [0.1, 0.15) is 6.92 Å². The molecule has 0 spiro atoms. The summed E-state index contributed by atoms with van der Waals surface area (Å²) in [6.07, 6.45) is 0. The van der Waals surface area contributed by atoms with Crippen molar-refractivity contribution in [3.63, 3.8) is 0 Å². The molecule has 0 amide bonds. The minimum Gasteiger partial charge on any atom is -0.190 e. The van der Waals surface area contributed by atoms with Crippen LogP contribution >= 0.6 is 0 Å². The summed E-state index contributed by atoms with van der Waals surface area (Å²) in [5.41, 5.74) is 0. The lowest BCUT2D eigenvalue weighted by Crippen LogP contribution is -2.20. The largest absolute Gasteiger partial charge is 0.363 e. The molecule has 0 aromatic heterocycles. The van der Waals surface area contributed by atoms with Crippen LogP contribution in [-0.4, -0.2) is 15.0 Å². The Balaban J connectivity index is 3.60. The molecule has 0 saturated heterocycles. The standard InChI is InChI=1S/C2H6NO3S/c1-2-3-7(4,5)6/h3H,2H2,1H3. The average molecular weight is 124 g/mol. The summed E-state index contributed by atoms with van der Waals surface area (Å²) in [6.45, 7) is 1.70. The Morgan fingerprint density at radius 3 is 2.00 bits per heavy atom. The van der Waals surface area contributed by atoms with Crippen molar-refractivity contribution in [2.45, 2.75) is 6.92 Å². The molecule has 0 unspecified atom stereocenters. The van der Waals surface area contributed by atoms with E-state index in [4.69, 9.17) is 0 Å². The third-order valence-electron chi connectivity index (χ3n) is 0.321. The second-order valence-electron chi connectivity index (χ2n) is 0.952. The Hall–Kier alpha value is -0.130. The van der Waals surface area contributed by atoms with Crippen LogP contribution in [0, 0.1) is 0 Å². The van der Waals surface area contributed by atoms with Crippen molar-refractivity contribution in [2.75, 3.05) is 6.54 Å². The van der Waals surface area contributed by atoms with Crippen molar-refractivity contribution >= 4 is 10.3 Å². The van der Waals surface area contributed by atoms with Gasteiger partial charge >= 0.3 is 10.3 Å². The molecule has 0 aliphatic rings. The van der Waals surface area contributed by atoms with Gasteiger partial charge in [0.2, 0.25) is 0 Å². The van der Waals surface area contributed by atoms with Crippen LogP contribution in [0.15, 0.2) is 0 Å². The zero-order chi connectivity index (χ0) is 5.91. The van der Waals surface area contributed by atoms with Crippen LogP contribution in [0.3, 0.4) is 0 Å². The van der Waals surface area contributed by atoms with Gasteiger partial charge in [0.05, 0.1) is 0 Å². The molecule has 0 aliphatic heterocycles. The van der Waals surface area contributed by atoms with E-state index in [-0.39, 0.29) is 6.54 Å². The van der Waals surface area contributed by atoms with Crippen LogP contribution in [-0.2, 0) is 14.9 Å². The molecule has 0 aliphatic carbocycles. The number of rotatable bonds is 2. The fourth-order valence-corrected chi connectivity index (χ4v) is 0.530. The topological polar surface area (TPSA) is 66.1 Å². The Morgan fingerprint density at radius 1 is 1.57 bits per heavy atom. The first kappa shape index (κ1) is 6.87. The molecular weight excluding hydrogens is 118 g/mol. The summed E-state index contributed by atoms with van der Waals surface area (Å²) in [5.74, 6) is 0. The summed E-state index contributed by atoms with van der Waals surface area (Å²) >= 11 is 0. The molecule has 0 fully saturated rings. The van der Waals surface area contributed by atoms with E-state index in [9.17, 15) is 13.0 Å². The fraction of sp³-hybridized carbons (Fsp3) is 1.00. The third kappa shape index (κ3) is 5.87. The van der Waals surface area contributed by atoms with E-state index < -0.39 is 10.3 Å². The van der Waals surface area contributed by atoms with Crippen molar-refractivity contribution < 1.29 is 13.0 Å². The Labute approximate surface area is 42.4 Å². The van der Waals surface area contributed by atoms with Crippen LogP contribution in [0.5, 0.6) is 0 Å². The predicted molar refractivity (Wildman–Crippen MR) is 23.3 cm³/mol. The Bertz CT molecular complexity index is 126. The lowest BCUT2D eigenvalue weighted by atomic mass is 10.8. The molecule has 7 heavy (non-hydrogen) atoms. The zero-order valence-electron chi connectivity index (χ0n) is 3.84. The maximum Gasteiger partial charge on any atom is 0.363 e. The first-order valence-corrected chi connectivity index (χ1v) is 3.17. The molecule has 0 atom stereocenters. The molecule has 0 heterocycles. The fourth-order valence-electron chi connectivity index (χ4n) is 0.177. The monoisotopic (exact) mass is 124 g/mol. The number of hydrogen-bond donors (Lipinski definition) is 1. The van der Waals surface area contributed by atoms with Gasteiger partial charge < -0.3 is 0 Å². The molecule has 4 nitrogen and oxygen atoms in total. The summed E-state index contributed by atoms with van der Waals surface area (Å²) in [7, 11) is -4.17. The highest BCUT2D eigenvalue weighted by Gasteiger charge is 1.98. The highest BCUT2D eigenvalue weighted by atomic mass is 32.2. The van der Waals surface area contributed by atoms with Gasteiger partial charge in [0.15, 0.2) is 0 Å². The second-order valence-corrected chi connectivity index (χ2v) is 2.15. The van der Waals surface area contributed by atoms with Gasteiger partial charge in [-0.3, -0.25) is 0 Å². The maximum absolute atomic E-state index is 9.56. The number of nitrogens with one attached hydrogen (secondary N) is 1. The lowest BCUT2D eigenvalue weighted by molar-refractivity contribution is 0.403. The van der Waals surface area contributed by atoms with Gasteiger partial charge in [-0.05, 0) is 0 Å². The van der Waals surface area contributed by atoms with Gasteiger partial charge in [0.1, 0.15) is 0 Å². The molecule has 1 N–H and O–H groups in total. The second kappa shape index (κ2) is 2.25. The van der Waals surface area contributed by atoms with Gasteiger partial charge in [-0.25, -0.2) is 0 Å². The molecule has 5 heteroatoms. The van der Waals surface area contributed by atoms with Crippen LogP contribution in [0.25, 0.3) is 0 Å². The molecule has 0 aromatic rings. The SMILES string of the molecule is CCNS([O])(=O)=O. The third-order valence-corrected chi connectivity index (χ3v) is 0.963. The van der Waals surface area contributed by atoms with E-state index in [1.165, 1.54) is 6.92 Å². The first-order valence-electron chi connectivity index (χ1n) is 1.76. The molecular formula is C2H6NO3S. The minimum atomic E-state index is -4.17. The van der Waals surface area contributed by atoms with Crippen molar-refractivity contribution in [3.8, 4) is 0 Å². The van der Waals surface area contributed by atoms with Gasteiger partial charge in [0.25, 0.3) is 0 Å². The Morgan fingerprint density at radius 2 is 2.00 bits per heavy atom. The summed E-state index contributed by atoms with van der Waals surface area (Å²) in [5, 5.41) is 0. The molecule has 43 valence electrons. The van der Waals surface area contributed by atoms with E-state index >= 15 is 0 Å². The van der Waals surface area contributed by atoms with E-state index in [1.807, 2.05) is 0 Å². The Kier molecular flexibility index (Phi) is 2.21. The number of hydrogen-bond acceptors (Lipinski definition) is 2. The average Bonchev–Trinajstić information content (AvgIpc) is 1.30. The lowest BCUT2D eigenvalue weighted by Gasteiger charge is -1.87. The van der Waals surface area contributed by atoms with Gasteiger partial charge in [-0.15, -0.1) is 0 Å². The van der Waals surface area contributed by atoms with Gasteiger partial charge in [-0.1, -0.05) is 11.5 Å². The minimum absolute atomic E-state index is 0.159. The van der Waals surface area contributed by atoms with Crippen LogP contribution in [0.2, 0.25) is 0 Å². The first-order chi connectivity index (χ1) is 3.06. The summed E-state index contributed by atoms with van der Waals surface area (Å²) < 4.78 is 30.4. The van der Waals surface area contributed by atoms with Crippen LogP contribution < -0.4 is 4.72 Å². The quantitative estimate of drug-likeness (QED) is 0.527.